The van der Waals surface area contributed by atoms with Crippen LogP contribution in [0.25, 0.3) is 0 Å². The molecule has 0 aliphatic rings. The summed E-state index contributed by atoms with van der Waals surface area (Å²) < 4.78 is 0. The normalized spacial score (nSPS) is 13.9. The predicted octanol–water partition coefficient (Wildman–Crippen LogP) is 0.818. The Morgan fingerprint density at radius 2 is 1.92 bits per heavy atom. The number of nitrogens with two attached hydrogens (primary N) is 1. The smallest absolute Gasteiger partial charge is 0.156 e. The SMILES string of the molecule is CC(=O)CC(C)(C)C(=O)[C@@H](N)CS. The lowest BCUT2D eigenvalue weighted by Crippen LogP contribution is -2.42. The molecule has 0 amide bonds. The van der Waals surface area contributed by atoms with E-state index in [1.165, 1.54) is 6.92 Å². The maximum absolute atomic E-state index is 11.6. The Bertz CT molecular complexity index is 214. The second kappa shape index (κ2) is 4.77. The molecule has 0 fully saturated rings. The molecule has 0 aliphatic heterocycles. The molecule has 4 heteroatoms. The quantitative estimate of drug-likeness (QED) is 0.650. The van der Waals surface area contributed by atoms with Crippen molar-refractivity contribution in [3.63, 3.8) is 0 Å². The van der Waals surface area contributed by atoms with E-state index in [2.05, 4.69) is 12.6 Å². The fraction of sp³-hybridized carbons (Fsp3) is 0.778. The molecule has 0 spiro atoms. The topological polar surface area (TPSA) is 60.2 Å². The third-order valence-corrected chi connectivity index (χ3v) is 2.28. The second-order valence-electron chi connectivity index (χ2n) is 3.92. The summed E-state index contributed by atoms with van der Waals surface area (Å²) in [5.74, 6) is 0.225. The minimum Gasteiger partial charge on any atom is -0.321 e. The van der Waals surface area contributed by atoms with Crippen LogP contribution in [0.2, 0.25) is 0 Å². The highest BCUT2D eigenvalue weighted by Gasteiger charge is 2.32. The van der Waals surface area contributed by atoms with Gasteiger partial charge in [0.2, 0.25) is 0 Å². The molecule has 0 unspecified atom stereocenters. The molecule has 0 rings (SSSR count). The highest BCUT2D eigenvalue weighted by atomic mass is 32.1. The van der Waals surface area contributed by atoms with Crippen LogP contribution in [-0.4, -0.2) is 23.4 Å². The van der Waals surface area contributed by atoms with Crippen molar-refractivity contribution in [2.45, 2.75) is 33.2 Å². The Hall–Kier alpha value is -0.350. The van der Waals surface area contributed by atoms with Gasteiger partial charge in [-0.2, -0.15) is 12.6 Å². The summed E-state index contributed by atoms with van der Waals surface area (Å²) in [7, 11) is 0. The van der Waals surface area contributed by atoms with Gasteiger partial charge in [-0.1, -0.05) is 13.8 Å². The molecule has 2 N–H and O–H groups in total. The van der Waals surface area contributed by atoms with Gasteiger partial charge in [0.05, 0.1) is 6.04 Å². The van der Waals surface area contributed by atoms with Crippen LogP contribution in [-0.2, 0) is 9.59 Å². The van der Waals surface area contributed by atoms with Gasteiger partial charge in [-0.3, -0.25) is 9.59 Å². The number of hydrogen-bond acceptors (Lipinski definition) is 4. The third-order valence-electron chi connectivity index (χ3n) is 1.89. The van der Waals surface area contributed by atoms with E-state index in [4.69, 9.17) is 5.73 Å². The van der Waals surface area contributed by atoms with E-state index < -0.39 is 11.5 Å². The van der Waals surface area contributed by atoms with Crippen LogP contribution < -0.4 is 5.73 Å². The molecular formula is C9H17NO2S. The maximum Gasteiger partial charge on any atom is 0.156 e. The van der Waals surface area contributed by atoms with Crippen LogP contribution in [0.5, 0.6) is 0 Å². The number of hydrogen-bond donors (Lipinski definition) is 2. The molecule has 13 heavy (non-hydrogen) atoms. The first kappa shape index (κ1) is 12.7. The van der Waals surface area contributed by atoms with E-state index in [1.807, 2.05) is 0 Å². The van der Waals surface area contributed by atoms with Gasteiger partial charge in [0, 0.05) is 17.6 Å². The van der Waals surface area contributed by atoms with Crippen molar-refractivity contribution in [1.29, 1.82) is 0 Å². The van der Waals surface area contributed by atoms with Gasteiger partial charge in [-0.15, -0.1) is 0 Å². The molecule has 0 aliphatic carbocycles. The minimum absolute atomic E-state index is 0.00437. The average molecular weight is 203 g/mol. The standard InChI is InChI=1S/C9H17NO2S/c1-6(11)4-9(2,3)8(12)7(10)5-13/h7,13H,4-5,10H2,1-3H3/t7-/m0/s1. The summed E-state index contributed by atoms with van der Waals surface area (Å²) in [5.41, 5.74) is 4.88. The Morgan fingerprint density at radius 3 is 2.23 bits per heavy atom. The van der Waals surface area contributed by atoms with E-state index in [-0.39, 0.29) is 18.0 Å². The summed E-state index contributed by atoms with van der Waals surface area (Å²) >= 11 is 3.95. The van der Waals surface area contributed by atoms with Gasteiger partial charge >= 0.3 is 0 Å². The van der Waals surface area contributed by atoms with Gasteiger partial charge in [-0.05, 0) is 6.92 Å². The molecule has 0 bridgehead atoms. The maximum atomic E-state index is 11.6. The van der Waals surface area contributed by atoms with E-state index >= 15 is 0 Å². The highest BCUT2D eigenvalue weighted by molar-refractivity contribution is 7.80. The van der Waals surface area contributed by atoms with Crippen molar-refractivity contribution in [2.75, 3.05) is 5.75 Å². The first-order chi connectivity index (χ1) is 5.81. The third kappa shape index (κ3) is 3.91. The molecule has 0 saturated heterocycles. The van der Waals surface area contributed by atoms with Crippen molar-refractivity contribution in [3.05, 3.63) is 0 Å². The molecule has 1 atom stereocenters. The summed E-state index contributed by atoms with van der Waals surface area (Å²) in [4.78, 5) is 22.5. The lowest BCUT2D eigenvalue weighted by atomic mass is 9.80. The predicted molar refractivity (Wildman–Crippen MR) is 55.9 cm³/mol. The van der Waals surface area contributed by atoms with E-state index in [0.29, 0.717) is 5.75 Å². The Morgan fingerprint density at radius 1 is 1.46 bits per heavy atom. The van der Waals surface area contributed by atoms with Crippen LogP contribution in [0.1, 0.15) is 27.2 Å². The number of carbonyl (C=O) groups is 2. The molecule has 0 radical (unpaired) electrons. The zero-order valence-electron chi connectivity index (χ0n) is 8.33. The van der Waals surface area contributed by atoms with Gasteiger partial charge in [0.25, 0.3) is 0 Å². The van der Waals surface area contributed by atoms with Crippen LogP contribution in [0, 0.1) is 5.41 Å². The lowest BCUT2D eigenvalue weighted by molar-refractivity contribution is -0.132. The Balaban J connectivity index is 4.44. The van der Waals surface area contributed by atoms with Crippen molar-refractivity contribution in [3.8, 4) is 0 Å². The molecule has 76 valence electrons. The minimum atomic E-state index is -0.659. The van der Waals surface area contributed by atoms with Crippen LogP contribution in [0.15, 0.2) is 0 Å². The van der Waals surface area contributed by atoms with Gasteiger partial charge in [0.15, 0.2) is 5.78 Å². The largest absolute Gasteiger partial charge is 0.321 e. The molecule has 0 saturated carbocycles. The van der Waals surface area contributed by atoms with E-state index in [1.54, 1.807) is 13.8 Å². The van der Waals surface area contributed by atoms with E-state index in [0.717, 1.165) is 0 Å². The monoisotopic (exact) mass is 203 g/mol. The van der Waals surface area contributed by atoms with Crippen molar-refractivity contribution < 1.29 is 9.59 Å². The Labute approximate surface area is 84.5 Å². The van der Waals surface area contributed by atoms with E-state index in [9.17, 15) is 9.59 Å². The Kier molecular flexibility index (Phi) is 4.64. The number of thiol groups is 1. The zero-order chi connectivity index (χ0) is 10.6. The first-order valence-corrected chi connectivity index (χ1v) is 4.84. The number of ketones is 2. The summed E-state index contributed by atoms with van der Waals surface area (Å²) in [6, 6.07) is -0.572. The highest BCUT2D eigenvalue weighted by Crippen LogP contribution is 2.23. The van der Waals surface area contributed by atoms with Crippen molar-refractivity contribution in [1.82, 2.24) is 0 Å². The van der Waals surface area contributed by atoms with Crippen LogP contribution in [0.4, 0.5) is 0 Å². The molecule has 3 nitrogen and oxygen atoms in total. The summed E-state index contributed by atoms with van der Waals surface area (Å²) in [5, 5.41) is 0. The van der Waals surface area contributed by atoms with Crippen molar-refractivity contribution in [2.24, 2.45) is 11.1 Å². The number of Topliss-reactive ketones (excluding diaryl/α,β-unsaturated/α-hetero) is 2. The summed E-state index contributed by atoms with van der Waals surface area (Å²) in [6.45, 7) is 4.95. The van der Waals surface area contributed by atoms with Crippen LogP contribution in [0.3, 0.4) is 0 Å². The number of carbonyl (C=O) groups excluding carboxylic acids is 2. The van der Waals surface area contributed by atoms with Crippen molar-refractivity contribution >= 4 is 24.2 Å². The zero-order valence-corrected chi connectivity index (χ0v) is 9.23. The molecule has 0 aromatic heterocycles. The van der Waals surface area contributed by atoms with Gasteiger partial charge in [0.1, 0.15) is 5.78 Å². The fourth-order valence-corrected chi connectivity index (χ4v) is 1.46. The number of rotatable bonds is 5. The van der Waals surface area contributed by atoms with Gasteiger partial charge in [-0.25, -0.2) is 0 Å². The molecule has 0 heterocycles. The molecule has 0 aromatic carbocycles. The second-order valence-corrected chi connectivity index (χ2v) is 4.28. The molecular weight excluding hydrogens is 186 g/mol. The average Bonchev–Trinajstić information content (AvgIpc) is 1.99. The summed E-state index contributed by atoms with van der Waals surface area (Å²) in [6.07, 6.45) is 0.243. The fourth-order valence-electron chi connectivity index (χ4n) is 1.29. The first-order valence-electron chi connectivity index (χ1n) is 4.21. The van der Waals surface area contributed by atoms with Crippen LogP contribution >= 0.6 is 12.6 Å². The van der Waals surface area contributed by atoms with Gasteiger partial charge < -0.3 is 5.73 Å². The molecule has 0 aromatic rings. The lowest BCUT2D eigenvalue weighted by Gasteiger charge is -2.24.